The quantitative estimate of drug-likeness (QED) is 0.848. The van der Waals surface area contributed by atoms with E-state index in [0.29, 0.717) is 5.75 Å². The van der Waals surface area contributed by atoms with Gasteiger partial charge in [-0.05, 0) is 49.6 Å². The van der Waals surface area contributed by atoms with E-state index in [1.165, 1.54) is 0 Å². The maximum atomic E-state index is 9.56. The van der Waals surface area contributed by atoms with Crippen LogP contribution in [0, 0.1) is 6.92 Å². The lowest BCUT2D eigenvalue weighted by atomic mass is 10.0. The molecule has 2 rings (SSSR count). The molecule has 0 radical (unpaired) electrons. The fraction of sp³-hybridized carbons (Fsp3) is 0.375. The molecule has 0 saturated carbocycles. The number of nitrogens with zero attached hydrogens (tertiary/aromatic N) is 2. The topological polar surface area (TPSA) is 58.0 Å². The van der Waals surface area contributed by atoms with Gasteiger partial charge in [-0.1, -0.05) is 19.1 Å². The highest BCUT2D eigenvalue weighted by Gasteiger charge is 2.14. The second-order valence-corrected chi connectivity index (χ2v) is 5.00. The summed E-state index contributed by atoms with van der Waals surface area (Å²) in [5.41, 5.74) is 2.13. The highest BCUT2D eigenvalue weighted by atomic mass is 16.3. The minimum Gasteiger partial charge on any atom is -0.508 e. The average Bonchev–Trinajstić information content (AvgIpc) is 2.44. The average molecular weight is 271 g/mol. The van der Waals surface area contributed by atoms with Crippen LogP contribution in [0.2, 0.25) is 0 Å². The summed E-state index contributed by atoms with van der Waals surface area (Å²) in [6, 6.07) is 7.40. The maximum absolute atomic E-state index is 9.56. The first-order valence-corrected chi connectivity index (χ1v) is 6.99. The number of hydrogen-bond donors (Lipinski definition) is 2. The maximum Gasteiger partial charge on any atom is 0.145 e. The largest absolute Gasteiger partial charge is 0.508 e. The SMILES string of the molecule is CCCNC(Cc1cccc(O)c1)c1ncc(C)cn1. The van der Waals surface area contributed by atoms with Gasteiger partial charge >= 0.3 is 0 Å². The van der Waals surface area contributed by atoms with Crippen molar-refractivity contribution in [3.05, 3.63) is 53.6 Å². The Hall–Kier alpha value is -1.94. The van der Waals surface area contributed by atoms with Gasteiger partial charge in [0.1, 0.15) is 11.6 Å². The van der Waals surface area contributed by atoms with Crippen molar-refractivity contribution in [2.75, 3.05) is 6.54 Å². The zero-order valence-corrected chi connectivity index (χ0v) is 12.0. The minimum absolute atomic E-state index is 0.0670. The van der Waals surface area contributed by atoms with Crippen molar-refractivity contribution in [1.29, 1.82) is 0 Å². The molecule has 0 aliphatic carbocycles. The lowest BCUT2D eigenvalue weighted by Gasteiger charge is -2.17. The van der Waals surface area contributed by atoms with Crippen LogP contribution in [-0.2, 0) is 6.42 Å². The van der Waals surface area contributed by atoms with Crippen LogP contribution in [-0.4, -0.2) is 21.6 Å². The summed E-state index contributed by atoms with van der Waals surface area (Å²) in [7, 11) is 0. The third-order valence-corrected chi connectivity index (χ3v) is 3.10. The first-order valence-electron chi connectivity index (χ1n) is 6.99. The van der Waals surface area contributed by atoms with Gasteiger partial charge in [0.05, 0.1) is 6.04 Å². The summed E-state index contributed by atoms with van der Waals surface area (Å²) in [5.74, 6) is 1.09. The van der Waals surface area contributed by atoms with Crippen LogP contribution in [0.5, 0.6) is 5.75 Å². The van der Waals surface area contributed by atoms with Gasteiger partial charge in [0, 0.05) is 12.4 Å². The molecule has 2 aromatic rings. The van der Waals surface area contributed by atoms with Crippen LogP contribution in [0.3, 0.4) is 0 Å². The first-order chi connectivity index (χ1) is 9.69. The predicted molar refractivity (Wildman–Crippen MR) is 79.6 cm³/mol. The Labute approximate surface area is 119 Å². The third kappa shape index (κ3) is 4.03. The number of hydrogen-bond acceptors (Lipinski definition) is 4. The molecule has 0 amide bonds. The van der Waals surface area contributed by atoms with Crippen molar-refractivity contribution >= 4 is 0 Å². The molecule has 1 aromatic carbocycles. The van der Waals surface area contributed by atoms with E-state index in [1.54, 1.807) is 12.1 Å². The number of aryl methyl sites for hydroxylation is 1. The molecule has 0 aliphatic heterocycles. The van der Waals surface area contributed by atoms with Crippen molar-refractivity contribution in [3.63, 3.8) is 0 Å². The zero-order valence-electron chi connectivity index (χ0n) is 12.0. The Morgan fingerprint density at radius 3 is 2.65 bits per heavy atom. The number of phenols is 1. The molecule has 20 heavy (non-hydrogen) atoms. The van der Waals surface area contributed by atoms with Crippen LogP contribution in [0.15, 0.2) is 36.7 Å². The Morgan fingerprint density at radius 1 is 1.25 bits per heavy atom. The van der Waals surface area contributed by atoms with E-state index >= 15 is 0 Å². The van der Waals surface area contributed by atoms with Crippen molar-refractivity contribution in [2.45, 2.75) is 32.7 Å². The lowest BCUT2D eigenvalue weighted by Crippen LogP contribution is -2.26. The minimum atomic E-state index is 0.0670. The standard InChI is InChI=1S/C16H21N3O/c1-3-7-17-15(16-18-10-12(2)11-19-16)9-13-5-4-6-14(20)8-13/h4-6,8,10-11,15,17,20H,3,7,9H2,1-2H3. The Bertz CT molecular complexity index is 540. The fourth-order valence-corrected chi connectivity index (χ4v) is 2.07. The van der Waals surface area contributed by atoms with Crippen molar-refractivity contribution in [1.82, 2.24) is 15.3 Å². The van der Waals surface area contributed by atoms with Gasteiger partial charge in [0.25, 0.3) is 0 Å². The smallest absolute Gasteiger partial charge is 0.145 e. The molecule has 0 aliphatic rings. The van der Waals surface area contributed by atoms with Crippen LogP contribution in [0.4, 0.5) is 0 Å². The van der Waals surface area contributed by atoms with E-state index < -0.39 is 0 Å². The molecule has 0 fully saturated rings. The fourth-order valence-electron chi connectivity index (χ4n) is 2.07. The summed E-state index contributed by atoms with van der Waals surface area (Å²) < 4.78 is 0. The molecule has 4 nitrogen and oxygen atoms in total. The molecule has 106 valence electrons. The molecular formula is C16H21N3O. The number of rotatable bonds is 6. The van der Waals surface area contributed by atoms with Crippen molar-refractivity contribution < 1.29 is 5.11 Å². The number of aromatic hydroxyl groups is 1. The number of aromatic nitrogens is 2. The summed E-state index contributed by atoms with van der Waals surface area (Å²) in [6.07, 6.45) is 5.50. The summed E-state index contributed by atoms with van der Waals surface area (Å²) >= 11 is 0. The lowest BCUT2D eigenvalue weighted by molar-refractivity contribution is 0.471. The zero-order chi connectivity index (χ0) is 14.4. The van der Waals surface area contributed by atoms with Gasteiger partial charge in [0.15, 0.2) is 0 Å². The van der Waals surface area contributed by atoms with Crippen LogP contribution in [0.25, 0.3) is 0 Å². The highest BCUT2D eigenvalue weighted by molar-refractivity contribution is 5.28. The first kappa shape index (κ1) is 14.5. The van der Waals surface area contributed by atoms with Crippen LogP contribution < -0.4 is 5.32 Å². The van der Waals surface area contributed by atoms with Crippen molar-refractivity contribution in [2.24, 2.45) is 0 Å². The van der Waals surface area contributed by atoms with Crippen molar-refractivity contribution in [3.8, 4) is 5.75 Å². The van der Waals surface area contributed by atoms with Crippen LogP contribution >= 0.6 is 0 Å². The second-order valence-electron chi connectivity index (χ2n) is 5.00. The molecular weight excluding hydrogens is 250 g/mol. The van der Waals surface area contributed by atoms with E-state index in [9.17, 15) is 5.11 Å². The van der Waals surface area contributed by atoms with Gasteiger partial charge in [0.2, 0.25) is 0 Å². The van der Waals surface area contributed by atoms with Gasteiger partial charge in [-0.3, -0.25) is 0 Å². The molecule has 1 heterocycles. The van der Waals surface area contributed by atoms with Gasteiger partial charge in [-0.2, -0.15) is 0 Å². The predicted octanol–water partition coefficient (Wildman–Crippen LogP) is 2.77. The highest BCUT2D eigenvalue weighted by Crippen LogP contribution is 2.18. The van der Waals surface area contributed by atoms with Crippen LogP contribution in [0.1, 0.15) is 36.3 Å². The van der Waals surface area contributed by atoms with E-state index in [-0.39, 0.29) is 6.04 Å². The number of phenolic OH excluding ortho intramolecular Hbond substituents is 1. The summed E-state index contributed by atoms with van der Waals surface area (Å²) in [5, 5.41) is 13.0. The molecule has 2 N–H and O–H groups in total. The summed E-state index contributed by atoms with van der Waals surface area (Å²) in [6.45, 7) is 5.03. The molecule has 1 aromatic heterocycles. The monoisotopic (exact) mass is 271 g/mol. The van der Waals surface area contributed by atoms with Gasteiger partial charge < -0.3 is 10.4 Å². The van der Waals surface area contributed by atoms with E-state index in [0.717, 1.165) is 36.3 Å². The molecule has 1 unspecified atom stereocenters. The number of nitrogens with one attached hydrogen (secondary N) is 1. The Morgan fingerprint density at radius 2 is 2.00 bits per heavy atom. The normalized spacial score (nSPS) is 12.3. The summed E-state index contributed by atoms with van der Waals surface area (Å²) in [4.78, 5) is 8.83. The van der Waals surface area contributed by atoms with Gasteiger partial charge in [-0.15, -0.1) is 0 Å². The third-order valence-electron chi connectivity index (χ3n) is 3.10. The molecule has 0 saturated heterocycles. The molecule has 0 bridgehead atoms. The molecule has 0 spiro atoms. The number of benzene rings is 1. The molecule has 1 atom stereocenters. The Balaban J connectivity index is 2.16. The van der Waals surface area contributed by atoms with E-state index in [2.05, 4.69) is 22.2 Å². The van der Waals surface area contributed by atoms with E-state index in [4.69, 9.17) is 0 Å². The Kier molecular flexibility index (Phi) is 5.07. The second kappa shape index (κ2) is 7.01. The van der Waals surface area contributed by atoms with E-state index in [1.807, 2.05) is 31.5 Å². The molecule has 4 heteroatoms. The van der Waals surface area contributed by atoms with Gasteiger partial charge in [-0.25, -0.2) is 9.97 Å².